The second kappa shape index (κ2) is 9.32. The fourth-order valence-electron chi connectivity index (χ4n) is 8.96. The fraction of sp³-hybridized carbons (Fsp3) is 0.238. The fourth-order valence-corrected chi connectivity index (χ4v) is 8.96. The van der Waals surface area contributed by atoms with E-state index >= 15 is 0 Å². The summed E-state index contributed by atoms with van der Waals surface area (Å²) in [5, 5.41) is 5.25. The highest BCUT2D eigenvalue weighted by Crippen LogP contribution is 2.66. The van der Waals surface area contributed by atoms with E-state index in [0.717, 1.165) is 0 Å². The zero-order chi connectivity index (χ0) is 29.4. The minimum absolute atomic E-state index is 0.0194. The van der Waals surface area contributed by atoms with Gasteiger partial charge in [0.1, 0.15) is 0 Å². The van der Waals surface area contributed by atoms with Crippen molar-refractivity contribution in [2.45, 2.75) is 57.9 Å². The van der Waals surface area contributed by atoms with Crippen LogP contribution in [0, 0.1) is 5.41 Å². The Balaban J connectivity index is 1.43. The summed E-state index contributed by atoms with van der Waals surface area (Å²) >= 11 is 0. The molecule has 212 valence electrons. The van der Waals surface area contributed by atoms with Crippen LogP contribution in [0.25, 0.3) is 43.8 Å². The Kier molecular flexibility index (Phi) is 5.70. The standard InChI is InChI=1S/C42H39N/c1-40(2)26-15-27-41(3)36-28-30(24-25-37(36)43(42(40,41)4)31-18-9-6-10-19-31)39-34-22-13-11-20-32(34)38(29-16-7-5-8-17-29)33-21-12-14-23-35(33)39/h5-14,16-25,28H,15,26-27H2,1-4H3. The summed E-state index contributed by atoms with van der Waals surface area (Å²) in [6, 6.07) is 47.4. The van der Waals surface area contributed by atoms with Crippen LogP contribution in [0.5, 0.6) is 0 Å². The molecule has 1 aliphatic heterocycles. The SMILES string of the molecule is CC1(C)CCCC2(C)c3cc(-c4c5ccccc5c(-c5ccccc5)c5ccccc45)ccc3N(c3ccccc3)C12C. The van der Waals surface area contributed by atoms with Gasteiger partial charge in [0.05, 0.1) is 5.54 Å². The van der Waals surface area contributed by atoms with Gasteiger partial charge in [0.25, 0.3) is 0 Å². The van der Waals surface area contributed by atoms with E-state index in [-0.39, 0.29) is 16.4 Å². The van der Waals surface area contributed by atoms with E-state index < -0.39 is 0 Å². The van der Waals surface area contributed by atoms with Crippen molar-refractivity contribution in [3.63, 3.8) is 0 Å². The van der Waals surface area contributed by atoms with Crippen molar-refractivity contribution in [3.8, 4) is 22.3 Å². The summed E-state index contributed by atoms with van der Waals surface area (Å²) in [6.45, 7) is 10.1. The number of fused-ring (bicyclic) bond motifs is 5. The Morgan fingerprint density at radius 3 is 1.60 bits per heavy atom. The molecule has 1 nitrogen and oxygen atoms in total. The lowest BCUT2D eigenvalue weighted by Crippen LogP contribution is -2.64. The van der Waals surface area contributed by atoms with Crippen LogP contribution in [-0.4, -0.2) is 5.54 Å². The molecule has 0 bridgehead atoms. The molecule has 1 heterocycles. The van der Waals surface area contributed by atoms with Crippen molar-refractivity contribution >= 4 is 32.9 Å². The van der Waals surface area contributed by atoms with Gasteiger partial charge in [-0.3, -0.25) is 0 Å². The molecule has 43 heavy (non-hydrogen) atoms. The molecule has 2 atom stereocenters. The first kappa shape index (κ1) is 26.3. The molecule has 0 saturated heterocycles. The molecular formula is C42H39N. The Morgan fingerprint density at radius 1 is 0.512 bits per heavy atom. The molecule has 8 rings (SSSR count). The number of hydrogen-bond acceptors (Lipinski definition) is 1. The smallest absolute Gasteiger partial charge is 0.0568 e. The molecule has 6 aromatic rings. The average molecular weight is 558 g/mol. The van der Waals surface area contributed by atoms with Crippen molar-refractivity contribution in [1.82, 2.24) is 0 Å². The quantitative estimate of drug-likeness (QED) is 0.196. The zero-order valence-electron chi connectivity index (χ0n) is 25.7. The molecule has 6 aromatic carbocycles. The van der Waals surface area contributed by atoms with E-state index in [4.69, 9.17) is 0 Å². The summed E-state index contributed by atoms with van der Waals surface area (Å²) in [7, 11) is 0. The molecule has 0 N–H and O–H groups in total. The molecule has 0 aromatic heterocycles. The van der Waals surface area contributed by atoms with Crippen LogP contribution in [0.3, 0.4) is 0 Å². The van der Waals surface area contributed by atoms with E-state index in [9.17, 15) is 0 Å². The van der Waals surface area contributed by atoms with Crippen LogP contribution in [-0.2, 0) is 5.41 Å². The largest absolute Gasteiger partial charge is 0.334 e. The van der Waals surface area contributed by atoms with Crippen LogP contribution >= 0.6 is 0 Å². The summed E-state index contributed by atoms with van der Waals surface area (Å²) in [4.78, 5) is 2.69. The summed E-state index contributed by atoms with van der Waals surface area (Å²) < 4.78 is 0. The molecule has 1 heteroatoms. The maximum atomic E-state index is 2.69. The predicted molar refractivity (Wildman–Crippen MR) is 184 cm³/mol. The number of anilines is 2. The lowest BCUT2D eigenvalue weighted by Gasteiger charge is -2.59. The molecule has 2 unspecified atom stereocenters. The lowest BCUT2D eigenvalue weighted by atomic mass is 9.51. The number of rotatable bonds is 3. The predicted octanol–water partition coefficient (Wildman–Crippen LogP) is 11.7. The Hall–Kier alpha value is -4.36. The van der Waals surface area contributed by atoms with Gasteiger partial charge in [-0.05, 0) is 98.8 Å². The van der Waals surface area contributed by atoms with Crippen LogP contribution in [0.2, 0.25) is 0 Å². The van der Waals surface area contributed by atoms with Crippen molar-refractivity contribution in [1.29, 1.82) is 0 Å². The van der Waals surface area contributed by atoms with Gasteiger partial charge in [-0.25, -0.2) is 0 Å². The van der Waals surface area contributed by atoms with Crippen molar-refractivity contribution in [3.05, 3.63) is 133 Å². The second-order valence-electron chi connectivity index (χ2n) is 13.8. The second-order valence-corrected chi connectivity index (χ2v) is 13.8. The van der Waals surface area contributed by atoms with Gasteiger partial charge in [0, 0.05) is 16.8 Å². The van der Waals surface area contributed by atoms with Gasteiger partial charge in [0.2, 0.25) is 0 Å². The number of nitrogens with zero attached hydrogens (tertiary/aromatic N) is 1. The van der Waals surface area contributed by atoms with Crippen molar-refractivity contribution in [2.24, 2.45) is 5.41 Å². The Morgan fingerprint density at radius 2 is 1.02 bits per heavy atom. The van der Waals surface area contributed by atoms with E-state index in [2.05, 4.69) is 160 Å². The number of benzene rings is 6. The van der Waals surface area contributed by atoms with E-state index in [0.29, 0.717) is 0 Å². The van der Waals surface area contributed by atoms with Crippen LogP contribution in [0.1, 0.15) is 52.5 Å². The van der Waals surface area contributed by atoms with Crippen molar-refractivity contribution in [2.75, 3.05) is 4.90 Å². The first-order valence-electron chi connectivity index (χ1n) is 15.8. The third kappa shape index (κ3) is 3.51. The van der Waals surface area contributed by atoms with E-state index in [1.165, 1.54) is 80.0 Å². The van der Waals surface area contributed by atoms with Crippen molar-refractivity contribution < 1.29 is 0 Å². The monoisotopic (exact) mass is 557 g/mol. The minimum Gasteiger partial charge on any atom is -0.334 e. The number of para-hydroxylation sites is 1. The highest BCUT2D eigenvalue weighted by atomic mass is 15.3. The van der Waals surface area contributed by atoms with Gasteiger partial charge in [0.15, 0.2) is 0 Å². The first-order valence-corrected chi connectivity index (χ1v) is 15.8. The van der Waals surface area contributed by atoms with Gasteiger partial charge >= 0.3 is 0 Å². The number of hydrogen-bond donors (Lipinski definition) is 0. The highest BCUT2D eigenvalue weighted by molar-refractivity contribution is 6.21. The molecule has 2 aliphatic rings. The lowest BCUT2D eigenvalue weighted by molar-refractivity contribution is 0.0484. The van der Waals surface area contributed by atoms with Gasteiger partial charge in [-0.1, -0.05) is 130 Å². The molecular weight excluding hydrogens is 518 g/mol. The van der Waals surface area contributed by atoms with Crippen LogP contribution < -0.4 is 4.90 Å². The maximum absolute atomic E-state index is 2.69. The van der Waals surface area contributed by atoms with Crippen LogP contribution in [0.4, 0.5) is 11.4 Å². The highest BCUT2D eigenvalue weighted by Gasteiger charge is 2.64. The molecule has 0 spiro atoms. The molecule has 1 fully saturated rings. The Bertz CT molecular complexity index is 1950. The van der Waals surface area contributed by atoms with Crippen LogP contribution in [0.15, 0.2) is 127 Å². The first-order chi connectivity index (χ1) is 20.9. The molecule has 1 saturated carbocycles. The average Bonchev–Trinajstić information content (AvgIpc) is 3.24. The topological polar surface area (TPSA) is 3.24 Å². The Labute approximate surface area is 255 Å². The normalized spacial score (nSPS) is 22.5. The zero-order valence-corrected chi connectivity index (χ0v) is 25.7. The molecule has 0 radical (unpaired) electrons. The summed E-state index contributed by atoms with van der Waals surface area (Å²) in [6.07, 6.45) is 3.68. The third-order valence-electron chi connectivity index (χ3n) is 11.4. The van der Waals surface area contributed by atoms with E-state index in [1.807, 2.05) is 0 Å². The molecule has 0 amide bonds. The van der Waals surface area contributed by atoms with Gasteiger partial charge in [-0.15, -0.1) is 0 Å². The third-order valence-corrected chi connectivity index (χ3v) is 11.4. The summed E-state index contributed by atoms with van der Waals surface area (Å²) in [5.74, 6) is 0. The van der Waals surface area contributed by atoms with Gasteiger partial charge in [-0.2, -0.15) is 0 Å². The van der Waals surface area contributed by atoms with E-state index in [1.54, 1.807) is 0 Å². The minimum atomic E-state index is -0.0537. The maximum Gasteiger partial charge on any atom is 0.0568 e. The molecule has 1 aliphatic carbocycles. The van der Waals surface area contributed by atoms with Gasteiger partial charge < -0.3 is 4.90 Å². The summed E-state index contributed by atoms with van der Waals surface area (Å²) in [5.41, 5.74) is 9.50.